The number of nitrogens with two attached hydrogens (primary N) is 1. The van der Waals surface area contributed by atoms with Gasteiger partial charge in [0.2, 0.25) is 6.23 Å². The van der Waals surface area contributed by atoms with Crippen LogP contribution in [0.25, 0.3) is 0 Å². The zero-order chi connectivity index (χ0) is 20.4. The van der Waals surface area contributed by atoms with E-state index in [1.165, 1.54) is 13.3 Å². The molecule has 9 nitrogen and oxygen atoms in total. The van der Waals surface area contributed by atoms with E-state index in [-0.39, 0.29) is 16.6 Å². The molecule has 2 aliphatic rings. The lowest BCUT2D eigenvalue weighted by Crippen LogP contribution is -2.56. The number of anilines is 1. The Balaban J connectivity index is 1.49. The molecule has 0 spiro atoms. The molecule has 1 saturated heterocycles. The van der Waals surface area contributed by atoms with Crippen molar-refractivity contribution in [2.75, 3.05) is 19.4 Å². The van der Waals surface area contributed by atoms with Crippen LogP contribution < -0.4 is 10.2 Å². The highest BCUT2D eigenvalue weighted by atomic mass is 16.6. The molecule has 3 heterocycles. The third-order valence-electron chi connectivity index (χ3n) is 5.12. The Bertz CT molecular complexity index is 922. The topological polar surface area (TPSA) is 109 Å². The molecular formula is C20H24N5O4+. The van der Waals surface area contributed by atoms with E-state index in [0.717, 1.165) is 5.56 Å². The molecule has 0 aliphatic carbocycles. The number of hydrogen-bond acceptors (Lipinski definition) is 8. The lowest BCUT2D eigenvalue weighted by atomic mass is 10.1. The minimum absolute atomic E-state index is 0.120. The Labute approximate surface area is 168 Å². The molecule has 0 bridgehead atoms. The average Bonchev–Trinajstić information content (AvgIpc) is 3.25. The van der Waals surface area contributed by atoms with Crippen LogP contribution in [-0.2, 0) is 25.6 Å². The van der Waals surface area contributed by atoms with Crippen molar-refractivity contribution in [2.45, 2.75) is 38.4 Å². The average molecular weight is 398 g/mol. The van der Waals surface area contributed by atoms with E-state index >= 15 is 0 Å². The van der Waals surface area contributed by atoms with Gasteiger partial charge in [-0.15, -0.1) is 0 Å². The number of quaternary nitrogens is 1. The van der Waals surface area contributed by atoms with Crippen LogP contribution in [0.2, 0.25) is 0 Å². The molecule has 2 N–H and O–H groups in total. The van der Waals surface area contributed by atoms with Gasteiger partial charge in [-0.25, -0.2) is 9.47 Å². The lowest BCUT2D eigenvalue weighted by molar-refractivity contribution is -0.152. The van der Waals surface area contributed by atoms with Gasteiger partial charge in [-0.05, 0) is 5.56 Å². The summed E-state index contributed by atoms with van der Waals surface area (Å²) in [4.78, 5) is 24.4. The highest BCUT2D eigenvalue weighted by Crippen LogP contribution is 2.43. The number of nitrogens with zero attached hydrogens (tertiary/aromatic N) is 4. The van der Waals surface area contributed by atoms with Crippen molar-refractivity contribution in [3.05, 3.63) is 42.2 Å². The maximum atomic E-state index is 11.7. The Morgan fingerprint density at radius 3 is 2.86 bits per heavy atom. The Morgan fingerprint density at radius 2 is 2.10 bits per heavy atom. The third kappa shape index (κ3) is 3.84. The van der Waals surface area contributed by atoms with Gasteiger partial charge in [-0.1, -0.05) is 30.3 Å². The van der Waals surface area contributed by atoms with Crippen molar-refractivity contribution in [3.8, 4) is 0 Å². The number of aromatic nitrogens is 2. The number of nitrogen functional groups attached to an aromatic ring is 1. The summed E-state index contributed by atoms with van der Waals surface area (Å²) >= 11 is 0. The molecule has 3 unspecified atom stereocenters. The highest BCUT2D eigenvalue weighted by molar-refractivity contribution is 5.90. The number of hydrogen-bond donors (Lipinski definition) is 1. The number of carbonyl (C=O) groups excluding carboxylic acids is 1. The fraction of sp³-hybridized carbons (Fsp3) is 0.400. The molecule has 4 atom stereocenters. The number of likely N-dealkylation sites (N-methyl/N-ethyl adjacent to an activating group) is 1. The van der Waals surface area contributed by atoms with Crippen LogP contribution in [0, 0.1) is 0 Å². The lowest BCUT2D eigenvalue weighted by Gasteiger charge is -2.32. The number of benzene rings is 1. The summed E-state index contributed by atoms with van der Waals surface area (Å²) in [5.74, 6) is 0.558. The quantitative estimate of drug-likeness (QED) is 0.585. The van der Waals surface area contributed by atoms with Gasteiger partial charge in [-0.3, -0.25) is 4.79 Å². The first-order valence-corrected chi connectivity index (χ1v) is 9.44. The first-order valence-electron chi connectivity index (χ1n) is 9.44. The van der Waals surface area contributed by atoms with Gasteiger partial charge < -0.3 is 19.9 Å². The summed E-state index contributed by atoms with van der Waals surface area (Å²) in [6.45, 7) is 2.27. The Morgan fingerprint density at radius 1 is 1.31 bits per heavy atom. The summed E-state index contributed by atoms with van der Waals surface area (Å²) < 4.78 is 17.8. The summed E-state index contributed by atoms with van der Waals surface area (Å²) in [5, 5.41) is 0. The van der Waals surface area contributed by atoms with Crippen LogP contribution in [0.15, 0.2) is 41.7 Å². The summed E-state index contributed by atoms with van der Waals surface area (Å²) in [7, 11) is 1.90. The number of esters is 1. The van der Waals surface area contributed by atoms with Gasteiger partial charge in [0.05, 0.1) is 26.4 Å². The SMILES string of the molecule is CC(=O)O[C@@H]1CC(COCc2ccccc2)OC1[N+]1(C)C=Nc2c(N)ncnc21. The second-order valence-corrected chi connectivity index (χ2v) is 7.36. The van der Waals surface area contributed by atoms with Gasteiger partial charge in [-0.2, -0.15) is 9.98 Å². The molecule has 0 amide bonds. The largest absolute Gasteiger partial charge is 0.453 e. The van der Waals surface area contributed by atoms with Crippen LogP contribution in [0.5, 0.6) is 0 Å². The predicted molar refractivity (Wildman–Crippen MR) is 107 cm³/mol. The van der Waals surface area contributed by atoms with Crippen molar-refractivity contribution in [1.29, 1.82) is 0 Å². The van der Waals surface area contributed by atoms with Crippen molar-refractivity contribution >= 4 is 29.6 Å². The molecule has 1 aromatic heterocycles. The predicted octanol–water partition coefficient (Wildman–Crippen LogP) is 1.93. The molecular weight excluding hydrogens is 374 g/mol. The van der Waals surface area contributed by atoms with E-state index < -0.39 is 12.3 Å². The van der Waals surface area contributed by atoms with E-state index in [2.05, 4.69) is 15.0 Å². The molecule has 152 valence electrons. The zero-order valence-electron chi connectivity index (χ0n) is 16.4. The number of carbonyl (C=O) groups is 1. The molecule has 4 rings (SSSR count). The van der Waals surface area contributed by atoms with E-state index in [1.54, 1.807) is 6.34 Å². The molecule has 0 radical (unpaired) electrons. The van der Waals surface area contributed by atoms with Crippen LogP contribution in [0.3, 0.4) is 0 Å². The highest BCUT2D eigenvalue weighted by Gasteiger charge is 2.53. The van der Waals surface area contributed by atoms with Crippen LogP contribution in [0.4, 0.5) is 17.3 Å². The molecule has 1 aromatic carbocycles. The van der Waals surface area contributed by atoms with Crippen molar-refractivity contribution in [2.24, 2.45) is 4.99 Å². The standard InChI is InChI=1S/C20H24N5O4/c1-13(26)28-16-8-15(10-27-9-14-6-4-3-5-7-14)29-20(16)25(2)12-24-17-18(21)22-11-23-19(17)25/h3-7,11-12,15-16,20H,8-10H2,1-2H3,(H2,21,22,23)/q+1/t15?,16-,20?,25?/m1/s1. The number of rotatable bonds is 6. The smallest absolute Gasteiger partial charge is 0.303 e. The number of aliphatic imine (C=N–C) groups is 1. The Kier molecular flexibility index (Phi) is 5.27. The van der Waals surface area contributed by atoms with Crippen molar-refractivity contribution in [3.63, 3.8) is 0 Å². The normalized spacial score (nSPS) is 27.7. The van der Waals surface area contributed by atoms with E-state index in [9.17, 15) is 4.79 Å². The second kappa shape index (κ2) is 7.86. The summed E-state index contributed by atoms with van der Waals surface area (Å²) in [6, 6.07) is 9.93. The fourth-order valence-electron chi connectivity index (χ4n) is 3.77. The van der Waals surface area contributed by atoms with Gasteiger partial charge in [0.25, 0.3) is 5.82 Å². The van der Waals surface area contributed by atoms with Gasteiger partial charge in [0.15, 0.2) is 23.9 Å². The van der Waals surface area contributed by atoms with Crippen molar-refractivity contribution < 1.29 is 19.0 Å². The van der Waals surface area contributed by atoms with Gasteiger partial charge in [0.1, 0.15) is 6.33 Å². The van der Waals surface area contributed by atoms with Crippen molar-refractivity contribution in [1.82, 2.24) is 14.5 Å². The fourth-order valence-corrected chi connectivity index (χ4v) is 3.77. The first kappa shape index (κ1) is 19.4. The van der Waals surface area contributed by atoms with Gasteiger partial charge in [0, 0.05) is 13.3 Å². The molecule has 2 aliphatic heterocycles. The van der Waals surface area contributed by atoms with E-state index in [0.29, 0.717) is 37.0 Å². The summed E-state index contributed by atoms with van der Waals surface area (Å²) in [5.41, 5.74) is 7.54. The minimum atomic E-state index is -0.511. The number of ether oxygens (including phenoxy) is 3. The van der Waals surface area contributed by atoms with Crippen LogP contribution in [-0.4, -0.2) is 54.4 Å². The van der Waals surface area contributed by atoms with Crippen LogP contribution in [0.1, 0.15) is 18.9 Å². The first-order chi connectivity index (χ1) is 14.0. The number of fused-ring (bicyclic) bond motifs is 1. The maximum absolute atomic E-state index is 11.7. The molecule has 1 fully saturated rings. The van der Waals surface area contributed by atoms with Crippen LogP contribution >= 0.6 is 0 Å². The molecule has 29 heavy (non-hydrogen) atoms. The monoisotopic (exact) mass is 398 g/mol. The molecule has 0 saturated carbocycles. The second-order valence-electron chi connectivity index (χ2n) is 7.36. The van der Waals surface area contributed by atoms with Gasteiger partial charge >= 0.3 is 5.97 Å². The Hall–Kier alpha value is -2.88. The third-order valence-corrected chi connectivity index (χ3v) is 5.12. The minimum Gasteiger partial charge on any atom is -0.453 e. The molecule has 2 aromatic rings. The molecule has 9 heteroatoms. The maximum Gasteiger partial charge on any atom is 0.303 e. The summed E-state index contributed by atoms with van der Waals surface area (Å²) in [6.07, 6.45) is 2.43. The van der Waals surface area contributed by atoms with E-state index in [4.69, 9.17) is 19.9 Å². The zero-order valence-corrected chi connectivity index (χ0v) is 16.4. The van der Waals surface area contributed by atoms with E-state index in [1.807, 2.05) is 37.4 Å².